The van der Waals surface area contributed by atoms with Gasteiger partial charge in [0.05, 0.1) is 18.6 Å². The highest BCUT2D eigenvalue weighted by molar-refractivity contribution is 8.00. The highest BCUT2D eigenvalue weighted by Gasteiger charge is 2.32. The minimum absolute atomic E-state index is 0.0678. The molecule has 0 bridgehead atoms. The normalized spacial score (nSPS) is 16.3. The maximum atomic E-state index is 12.6. The Balaban J connectivity index is 1.46. The third kappa shape index (κ3) is 3.71. The van der Waals surface area contributed by atoms with E-state index < -0.39 is 11.2 Å². The van der Waals surface area contributed by atoms with Crippen molar-refractivity contribution in [3.8, 4) is 0 Å². The largest absolute Gasteiger partial charge is 0.467 e. The van der Waals surface area contributed by atoms with Crippen LogP contribution in [0.1, 0.15) is 49.2 Å². The predicted octanol–water partition coefficient (Wildman–Crippen LogP) is 1.69. The molecular weight excluding hydrogens is 394 g/mol. The minimum Gasteiger partial charge on any atom is -0.467 e. The van der Waals surface area contributed by atoms with Gasteiger partial charge in [0.2, 0.25) is 5.91 Å². The van der Waals surface area contributed by atoms with Crippen molar-refractivity contribution in [2.24, 2.45) is 0 Å². The van der Waals surface area contributed by atoms with Gasteiger partial charge in [-0.1, -0.05) is 11.8 Å². The molecule has 0 spiro atoms. The molecule has 150 valence electrons. The molecule has 2 N–H and O–H groups in total. The van der Waals surface area contributed by atoms with Crippen LogP contribution in [-0.2, 0) is 11.3 Å². The number of rotatable bonds is 7. The summed E-state index contributed by atoms with van der Waals surface area (Å²) < 4.78 is 6.78. The minimum atomic E-state index is -0.511. The van der Waals surface area contributed by atoms with Crippen LogP contribution in [0.25, 0.3) is 11.0 Å². The molecule has 2 saturated carbocycles. The standard InChI is InChI=1S/C19H19N5O4S/c25-13(20-8-12-2-1-7-28-12)9-29-18-14-16(21-15(22-18)10-3-4-10)24(11-5-6-11)19(27)23-17(14)26/h1-2,7,10-11H,3-6,8-9H2,(H,20,25)(H,23,26,27). The van der Waals surface area contributed by atoms with E-state index in [1.807, 2.05) is 0 Å². The fraction of sp³-hybridized carbons (Fsp3) is 0.421. The molecule has 2 fully saturated rings. The van der Waals surface area contributed by atoms with E-state index >= 15 is 0 Å². The SMILES string of the molecule is O=C(CSc1nc(C2CC2)nc2c1c(=O)[nH]c(=O)n2C1CC1)NCc1ccco1. The van der Waals surface area contributed by atoms with Crippen LogP contribution in [0.3, 0.4) is 0 Å². The van der Waals surface area contributed by atoms with Crippen LogP contribution >= 0.6 is 11.8 Å². The Hall–Kier alpha value is -2.88. The highest BCUT2D eigenvalue weighted by atomic mass is 32.2. The fourth-order valence-corrected chi connectivity index (χ4v) is 4.07. The number of fused-ring (bicyclic) bond motifs is 1. The Bertz CT molecular complexity index is 1190. The number of hydrogen-bond donors (Lipinski definition) is 2. The Morgan fingerprint density at radius 2 is 2.10 bits per heavy atom. The van der Waals surface area contributed by atoms with Crippen LogP contribution in [0.4, 0.5) is 0 Å². The van der Waals surface area contributed by atoms with Crippen molar-refractivity contribution in [2.45, 2.75) is 49.2 Å². The zero-order valence-corrected chi connectivity index (χ0v) is 16.3. The van der Waals surface area contributed by atoms with Crippen molar-refractivity contribution < 1.29 is 9.21 Å². The quantitative estimate of drug-likeness (QED) is 0.446. The Kier molecular flexibility index (Phi) is 4.50. The molecule has 0 saturated heterocycles. The van der Waals surface area contributed by atoms with E-state index in [1.165, 1.54) is 11.8 Å². The molecule has 0 radical (unpaired) electrons. The predicted molar refractivity (Wildman–Crippen MR) is 106 cm³/mol. The second-order valence-electron chi connectivity index (χ2n) is 7.37. The number of aromatic nitrogens is 4. The van der Waals surface area contributed by atoms with Gasteiger partial charge in [0.25, 0.3) is 5.56 Å². The lowest BCUT2D eigenvalue weighted by atomic mass is 10.3. The molecular formula is C19H19N5O4S. The number of amides is 1. The maximum absolute atomic E-state index is 12.6. The summed E-state index contributed by atoms with van der Waals surface area (Å²) in [7, 11) is 0. The molecule has 2 aliphatic carbocycles. The van der Waals surface area contributed by atoms with E-state index in [2.05, 4.69) is 20.3 Å². The lowest BCUT2D eigenvalue weighted by molar-refractivity contribution is -0.118. The zero-order valence-electron chi connectivity index (χ0n) is 15.5. The van der Waals surface area contributed by atoms with Gasteiger partial charge < -0.3 is 9.73 Å². The molecule has 0 aromatic carbocycles. The average Bonchev–Trinajstić information content (AvgIpc) is 3.63. The Morgan fingerprint density at radius 3 is 2.79 bits per heavy atom. The molecule has 0 aliphatic heterocycles. The summed E-state index contributed by atoms with van der Waals surface area (Å²) in [5.74, 6) is 1.47. The fourth-order valence-electron chi connectivity index (χ4n) is 3.22. The summed E-state index contributed by atoms with van der Waals surface area (Å²) in [5.41, 5.74) is -0.558. The first-order valence-electron chi connectivity index (χ1n) is 9.58. The summed E-state index contributed by atoms with van der Waals surface area (Å²) in [4.78, 5) is 48.7. The second-order valence-corrected chi connectivity index (χ2v) is 8.33. The van der Waals surface area contributed by atoms with E-state index in [-0.39, 0.29) is 29.0 Å². The summed E-state index contributed by atoms with van der Waals surface area (Å²) >= 11 is 1.19. The van der Waals surface area contributed by atoms with Gasteiger partial charge in [-0.15, -0.1) is 0 Å². The van der Waals surface area contributed by atoms with Gasteiger partial charge in [-0.3, -0.25) is 19.1 Å². The molecule has 3 aromatic rings. The van der Waals surface area contributed by atoms with Crippen LogP contribution in [-0.4, -0.2) is 31.2 Å². The molecule has 3 heterocycles. The average molecular weight is 413 g/mol. The van der Waals surface area contributed by atoms with Crippen molar-refractivity contribution in [2.75, 3.05) is 5.75 Å². The lowest BCUT2D eigenvalue weighted by Gasteiger charge is -2.12. The zero-order chi connectivity index (χ0) is 20.0. The Labute approximate surface area is 168 Å². The van der Waals surface area contributed by atoms with Crippen molar-refractivity contribution in [3.05, 3.63) is 50.8 Å². The van der Waals surface area contributed by atoms with Gasteiger partial charge in [-0.2, -0.15) is 0 Å². The van der Waals surface area contributed by atoms with E-state index in [0.717, 1.165) is 25.7 Å². The second kappa shape index (κ2) is 7.18. The van der Waals surface area contributed by atoms with Crippen molar-refractivity contribution >= 4 is 28.7 Å². The third-order valence-corrected chi connectivity index (χ3v) is 5.98. The summed E-state index contributed by atoms with van der Waals surface area (Å²) in [6, 6.07) is 3.61. The number of carbonyl (C=O) groups is 1. The number of nitrogens with one attached hydrogen (secondary N) is 2. The van der Waals surface area contributed by atoms with E-state index in [0.29, 0.717) is 28.8 Å². The van der Waals surface area contributed by atoms with Gasteiger partial charge in [0, 0.05) is 12.0 Å². The first kappa shape index (κ1) is 18.2. The van der Waals surface area contributed by atoms with Gasteiger partial charge in [-0.25, -0.2) is 14.8 Å². The lowest BCUT2D eigenvalue weighted by Crippen LogP contribution is -2.31. The molecule has 3 aromatic heterocycles. The molecule has 0 unspecified atom stereocenters. The van der Waals surface area contributed by atoms with Crippen LogP contribution in [0.2, 0.25) is 0 Å². The smallest absolute Gasteiger partial charge is 0.330 e. The number of aromatic amines is 1. The van der Waals surface area contributed by atoms with Crippen molar-refractivity contribution in [3.63, 3.8) is 0 Å². The molecule has 2 aliphatic rings. The summed E-state index contributed by atoms with van der Waals surface area (Å²) in [6.45, 7) is 0.298. The van der Waals surface area contributed by atoms with Gasteiger partial charge in [0.1, 0.15) is 22.0 Å². The number of thioether (sulfide) groups is 1. The molecule has 5 rings (SSSR count). The molecule has 1 amide bonds. The Morgan fingerprint density at radius 1 is 1.28 bits per heavy atom. The van der Waals surface area contributed by atoms with Crippen LogP contribution < -0.4 is 16.6 Å². The highest BCUT2D eigenvalue weighted by Crippen LogP contribution is 2.40. The number of hydrogen-bond acceptors (Lipinski definition) is 7. The van der Waals surface area contributed by atoms with E-state index in [1.54, 1.807) is 23.0 Å². The maximum Gasteiger partial charge on any atom is 0.330 e. The number of nitrogens with zero attached hydrogens (tertiary/aromatic N) is 3. The van der Waals surface area contributed by atoms with Gasteiger partial charge in [0.15, 0.2) is 5.65 Å². The van der Waals surface area contributed by atoms with Crippen molar-refractivity contribution in [1.82, 2.24) is 24.8 Å². The van der Waals surface area contributed by atoms with Gasteiger partial charge >= 0.3 is 5.69 Å². The molecule has 29 heavy (non-hydrogen) atoms. The first-order valence-corrected chi connectivity index (χ1v) is 10.6. The van der Waals surface area contributed by atoms with E-state index in [4.69, 9.17) is 4.42 Å². The van der Waals surface area contributed by atoms with Crippen LogP contribution in [0, 0.1) is 0 Å². The number of H-pyrrole nitrogens is 1. The number of carbonyl (C=O) groups excluding carboxylic acids is 1. The topological polar surface area (TPSA) is 123 Å². The molecule has 9 nitrogen and oxygen atoms in total. The summed E-state index contributed by atoms with van der Waals surface area (Å²) in [5, 5.41) is 3.51. The van der Waals surface area contributed by atoms with Crippen molar-refractivity contribution in [1.29, 1.82) is 0 Å². The van der Waals surface area contributed by atoms with Gasteiger partial charge in [-0.05, 0) is 37.8 Å². The van der Waals surface area contributed by atoms with Crippen LogP contribution in [0.15, 0.2) is 37.4 Å². The molecule has 10 heteroatoms. The molecule has 0 atom stereocenters. The first-order chi connectivity index (χ1) is 14.1. The monoisotopic (exact) mass is 413 g/mol. The van der Waals surface area contributed by atoms with E-state index in [9.17, 15) is 14.4 Å². The number of furan rings is 1. The third-order valence-electron chi connectivity index (χ3n) is 5.00. The van der Waals surface area contributed by atoms with Crippen LogP contribution in [0.5, 0.6) is 0 Å². The summed E-state index contributed by atoms with van der Waals surface area (Å²) in [6.07, 6.45) is 5.32.